The van der Waals surface area contributed by atoms with Crippen LogP contribution in [0.5, 0.6) is 0 Å². The Kier molecular flexibility index (Phi) is 4.66. The number of likely N-dealkylation sites (tertiary alicyclic amines) is 1. The first-order valence-electron chi connectivity index (χ1n) is 7.61. The normalized spacial score (nSPS) is 37.6. The summed E-state index contributed by atoms with van der Waals surface area (Å²) in [5.74, 6) is 1.67. The number of hydrogen-bond acceptors (Lipinski definition) is 2. The van der Waals surface area contributed by atoms with E-state index >= 15 is 0 Å². The van der Waals surface area contributed by atoms with Crippen LogP contribution in [0.4, 0.5) is 0 Å². The number of carbonyl (C=O) groups excluding carboxylic acids is 1. The average Bonchev–Trinajstić information content (AvgIpc) is 2.28. The summed E-state index contributed by atoms with van der Waals surface area (Å²) in [5, 5.41) is 0. The molecule has 0 radical (unpaired) electrons. The molecule has 1 aliphatic heterocycles. The second kappa shape index (κ2) is 6.05. The molecule has 4 unspecified atom stereocenters. The van der Waals surface area contributed by atoms with E-state index < -0.39 is 0 Å². The van der Waals surface area contributed by atoms with Crippen LogP contribution in [-0.4, -0.2) is 29.4 Å². The molecule has 0 spiro atoms. The van der Waals surface area contributed by atoms with Crippen molar-refractivity contribution in [2.45, 2.75) is 70.9 Å². The van der Waals surface area contributed by atoms with Crippen molar-refractivity contribution in [2.24, 2.45) is 17.6 Å². The molecule has 3 nitrogen and oxygen atoms in total. The predicted molar refractivity (Wildman–Crippen MR) is 74.1 cm³/mol. The van der Waals surface area contributed by atoms with Crippen LogP contribution in [0.1, 0.15) is 58.8 Å². The van der Waals surface area contributed by atoms with Gasteiger partial charge in [-0.1, -0.05) is 13.3 Å². The van der Waals surface area contributed by atoms with Gasteiger partial charge in [0, 0.05) is 25.0 Å². The van der Waals surface area contributed by atoms with E-state index in [1.54, 1.807) is 0 Å². The lowest BCUT2D eigenvalue weighted by atomic mass is 9.83. The first-order chi connectivity index (χ1) is 8.56. The summed E-state index contributed by atoms with van der Waals surface area (Å²) in [6.45, 7) is 5.44. The van der Waals surface area contributed by atoms with E-state index in [1.807, 2.05) is 0 Å². The lowest BCUT2D eigenvalue weighted by Crippen LogP contribution is -2.45. The fourth-order valence-electron chi connectivity index (χ4n) is 3.66. The average molecular weight is 252 g/mol. The van der Waals surface area contributed by atoms with Gasteiger partial charge in [0.2, 0.25) is 5.91 Å². The van der Waals surface area contributed by atoms with Crippen LogP contribution in [0, 0.1) is 11.8 Å². The van der Waals surface area contributed by atoms with E-state index in [1.165, 1.54) is 19.3 Å². The van der Waals surface area contributed by atoms with E-state index in [0.717, 1.165) is 38.1 Å². The number of nitrogens with two attached hydrogens (primary N) is 1. The Labute approximate surface area is 111 Å². The fourth-order valence-corrected chi connectivity index (χ4v) is 3.66. The Bertz CT molecular complexity index is 292. The summed E-state index contributed by atoms with van der Waals surface area (Å²) in [4.78, 5) is 14.5. The molecule has 1 aliphatic carbocycles. The molecular formula is C15H28N2O. The highest BCUT2D eigenvalue weighted by atomic mass is 16.2. The molecule has 1 heterocycles. The summed E-state index contributed by atoms with van der Waals surface area (Å²) >= 11 is 0. The molecule has 3 heteroatoms. The van der Waals surface area contributed by atoms with Crippen LogP contribution in [0.15, 0.2) is 0 Å². The molecule has 0 aromatic heterocycles. The van der Waals surface area contributed by atoms with Gasteiger partial charge in [0.1, 0.15) is 0 Å². The molecule has 18 heavy (non-hydrogen) atoms. The number of nitrogens with zero attached hydrogens (tertiary/aromatic N) is 1. The largest absolute Gasteiger partial charge is 0.340 e. The maximum Gasteiger partial charge on any atom is 0.223 e. The van der Waals surface area contributed by atoms with Crippen molar-refractivity contribution >= 4 is 5.91 Å². The maximum atomic E-state index is 12.4. The second-order valence-electron chi connectivity index (χ2n) is 6.56. The molecule has 1 saturated heterocycles. The van der Waals surface area contributed by atoms with Crippen LogP contribution < -0.4 is 5.73 Å². The van der Waals surface area contributed by atoms with Gasteiger partial charge in [-0.05, 0) is 50.9 Å². The van der Waals surface area contributed by atoms with Gasteiger partial charge < -0.3 is 10.6 Å². The monoisotopic (exact) mass is 252 g/mol. The van der Waals surface area contributed by atoms with Crippen molar-refractivity contribution < 1.29 is 4.79 Å². The molecule has 0 aromatic carbocycles. The van der Waals surface area contributed by atoms with Crippen LogP contribution in [0.2, 0.25) is 0 Å². The van der Waals surface area contributed by atoms with Gasteiger partial charge in [0.05, 0.1) is 0 Å². The van der Waals surface area contributed by atoms with Gasteiger partial charge in [-0.2, -0.15) is 0 Å². The molecule has 2 aliphatic rings. The fraction of sp³-hybridized carbons (Fsp3) is 0.933. The van der Waals surface area contributed by atoms with Gasteiger partial charge in [-0.15, -0.1) is 0 Å². The molecule has 2 rings (SSSR count). The van der Waals surface area contributed by atoms with E-state index in [9.17, 15) is 4.79 Å². The number of carbonyl (C=O) groups is 1. The van der Waals surface area contributed by atoms with Gasteiger partial charge in [0.25, 0.3) is 0 Å². The zero-order chi connectivity index (χ0) is 13.1. The van der Waals surface area contributed by atoms with Crippen molar-refractivity contribution in [3.63, 3.8) is 0 Å². The third-order valence-electron chi connectivity index (χ3n) is 4.75. The van der Waals surface area contributed by atoms with Crippen molar-refractivity contribution in [2.75, 3.05) is 6.54 Å². The topological polar surface area (TPSA) is 46.3 Å². The van der Waals surface area contributed by atoms with E-state index in [0.29, 0.717) is 23.9 Å². The second-order valence-corrected chi connectivity index (χ2v) is 6.56. The zero-order valence-corrected chi connectivity index (χ0v) is 11.9. The number of piperidine rings is 1. The maximum absolute atomic E-state index is 12.4. The zero-order valence-electron chi connectivity index (χ0n) is 11.9. The minimum Gasteiger partial charge on any atom is -0.340 e. The SMILES string of the molecule is CC1CCN(C(=O)CC2CCCC(N)C2)C(C)C1. The highest BCUT2D eigenvalue weighted by Crippen LogP contribution is 2.28. The number of rotatable bonds is 2. The van der Waals surface area contributed by atoms with Crippen molar-refractivity contribution in [1.82, 2.24) is 4.90 Å². The first-order valence-corrected chi connectivity index (χ1v) is 7.61. The Balaban J connectivity index is 1.83. The quantitative estimate of drug-likeness (QED) is 0.821. The number of hydrogen-bond donors (Lipinski definition) is 1. The standard InChI is InChI=1S/C15H28N2O/c1-11-6-7-17(12(2)8-11)15(18)10-13-4-3-5-14(16)9-13/h11-14H,3-10,16H2,1-2H3. The molecule has 0 aromatic rings. The highest BCUT2D eigenvalue weighted by Gasteiger charge is 2.29. The van der Waals surface area contributed by atoms with E-state index in [2.05, 4.69) is 18.7 Å². The molecular weight excluding hydrogens is 224 g/mol. The molecule has 1 amide bonds. The Morgan fingerprint density at radius 1 is 1.22 bits per heavy atom. The van der Waals surface area contributed by atoms with Gasteiger partial charge in [0.15, 0.2) is 0 Å². The Morgan fingerprint density at radius 2 is 2.00 bits per heavy atom. The Morgan fingerprint density at radius 3 is 2.67 bits per heavy atom. The molecule has 1 saturated carbocycles. The summed E-state index contributed by atoms with van der Waals surface area (Å²) in [5.41, 5.74) is 6.00. The van der Waals surface area contributed by atoms with Gasteiger partial charge in [-0.25, -0.2) is 0 Å². The van der Waals surface area contributed by atoms with Crippen LogP contribution >= 0.6 is 0 Å². The van der Waals surface area contributed by atoms with Gasteiger partial charge >= 0.3 is 0 Å². The predicted octanol–water partition coefficient (Wildman–Crippen LogP) is 2.54. The molecule has 4 atom stereocenters. The molecule has 2 N–H and O–H groups in total. The third kappa shape index (κ3) is 3.47. The van der Waals surface area contributed by atoms with Crippen LogP contribution in [-0.2, 0) is 4.79 Å². The lowest BCUT2D eigenvalue weighted by molar-refractivity contribution is -0.136. The summed E-state index contributed by atoms with van der Waals surface area (Å²) < 4.78 is 0. The Hall–Kier alpha value is -0.570. The van der Waals surface area contributed by atoms with E-state index in [-0.39, 0.29) is 0 Å². The third-order valence-corrected chi connectivity index (χ3v) is 4.75. The van der Waals surface area contributed by atoms with E-state index in [4.69, 9.17) is 5.73 Å². The number of amides is 1. The molecule has 104 valence electrons. The van der Waals surface area contributed by atoms with Crippen molar-refractivity contribution in [3.8, 4) is 0 Å². The van der Waals surface area contributed by atoms with Crippen molar-refractivity contribution in [3.05, 3.63) is 0 Å². The summed E-state index contributed by atoms with van der Waals surface area (Å²) in [7, 11) is 0. The van der Waals surface area contributed by atoms with Gasteiger partial charge in [-0.3, -0.25) is 4.79 Å². The summed E-state index contributed by atoms with van der Waals surface area (Å²) in [6, 6.07) is 0.758. The minimum absolute atomic E-state index is 0.329. The summed E-state index contributed by atoms with van der Waals surface area (Å²) in [6.07, 6.45) is 7.64. The highest BCUT2D eigenvalue weighted by molar-refractivity contribution is 5.76. The first kappa shape index (κ1) is 13.9. The van der Waals surface area contributed by atoms with Crippen molar-refractivity contribution in [1.29, 1.82) is 0 Å². The minimum atomic E-state index is 0.329. The van der Waals surface area contributed by atoms with Crippen LogP contribution in [0.3, 0.4) is 0 Å². The molecule has 2 fully saturated rings. The smallest absolute Gasteiger partial charge is 0.223 e. The lowest BCUT2D eigenvalue weighted by Gasteiger charge is -2.38. The molecule has 0 bridgehead atoms. The van der Waals surface area contributed by atoms with Crippen LogP contribution in [0.25, 0.3) is 0 Å².